The normalized spacial score (nSPS) is 17.5. The monoisotopic (exact) mass is 513 g/mol. The highest BCUT2D eigenvalue weighted by Gasteiger charge is 2.44. The minimum Gasteiger partial charge on any atom is -0.334 e. The molecule has 2 fully saturated rings. The number of hydrogen-bond donors (Lipinski definition) is 1. The Morgan fingerprint density at radius 2 is 1.54 bits per heavy atom. The Bertz CT molecular complexity index is 1210. The summed E-state index contributed by atoms with van der Waals surface area (Å²) in [4.78, 5) is 25.7. The van der Waals surface area contributed by atoms with Crippen molar-refractivity contribution in [3.8, 4) is 0 Å². The smallest absolute Gasteiger partial charge is 0.334 e. The zero-order valence-corrected chi connectivity index (χ0v) is 19.3. The topological polar surface area (TPSA) is 86.8 Å². The van der Waals surface area contributed by atoms with Crippen molar-refractivity contribution in [1.82, 2.24) is 9.21 Å². The molecule has 0 aromatic heterocycles. The number of piperidine rings is 1. The molecule has 188 valence electrons. The number of nitrogens with one attached hydrogen (secondary N) is 1. The summed E-state index contributed by atoms with van der Waals surface area (Å²) in [6.07, 6.45) is -2.97. The Labute approximate surface area is 199 Å². The second kappa shape index (κ2) is 9.57. The number of benzene rings is 2. The van der Waals surface area contributed by atoms with Crippen LogP contribution < -0.4 is 5.32 Å². The summed E-state index contributed by atoms with van der Waals surface area (Å²) in [7, 11) is -4.20. The molecule has 1 saturated carbocycles. The lowest BCUT2D eigenvalue weighted by atomic mass is 10.0. The number of sulfonamides is 1. The molecule has 0 atom stereocenters. The lowest BCUT2D eigenvalue weighted by Crippen LogP contribution is -2.51. The van der Waals surface area contributed by atoms with Gasteiger partial charge in [-0.15, -0.1) is 0 Å². The number of alkyl halides is 3. The molecule has 12 heteroatoms. The molecule has 2 aromatic rings. The minimum absolute atomic E-state index is 0.113. The standard InChI is InChI=1S/C23H23F4N3O4S/c24-16-4-6-17(7-5-16)28-21(31)22(32)29-12-10-19(11-13-29)30(18-8-9-18)35(33,34)20-3-1-2-15(14-20)23(25,26)27/h1-7,14,18-19H,8-13H2,(H,28,31). The first kappa shape index (κ1) is 25.1. The van der Waals surface area contributed by atoms with Crippen LogP contribution in [0.25, 0.3) is 0 Å². The van der Waals surface area contributed by atoms with Crippen LogP contribution in [0.1, 0.15) is 31.2 Å². The lowest BCUT2D eigenvalue weighted by molar-refractivity contribution is -0.144. The highest BCUT2D eigenvalue weighted by Crippen LogP contribution is 2.38. The van der Waals surface area contributed by atoms with Crippen LogP contribution in [0.5, 0.6) is 0 Å². The van der Waals surface area contributed by atoms with Crippen molar-refractivity contribution in [3.05, 3.63) is 59.9 Å². The van der Waals surface area contributed by atoms with Crippen molar-refractivity contribution in [2.75, 3.05) is 18.4 Å². The average molecular weight is 514 g/mol. The number of carbonyl (C=O) groups is 2. The second-order valence-corrected chi connectivity index (χ2v) is 10.4. The second-order valence-electron chi connectivity index (χ2n) is 8.58. The first-order valence-electron chi connectivity index (χ1n) is 11.0. The molecule has 4 rings (SSSR count). The number of halogens is 4. The Morgan fingerprint density at radius 1 is 0.943 bits per heavy atom. The number of rotatable bonds is 5. The largest absolute Gasteiger partial charge is 0.416 e. The molecule has 1 saturated heterocycles. The van der Waals surface area contributed by atoms with E-state index in [4.69, 9.17) is 0 Å². The van der Waals surface area contributed by atoms with Crippen LogP contribution in [0, 0.1) is 5.82 Å². The van der Waals surface area contributed by atoms with Gasteiger partial charge in [0.2, 0.25) is 10.0 Å². The first-order valence-corrected chi connectivity index (χ1v) is 12.5. The van der Waals surface area contributed by atoms with E-state index in [9.17, 15) is 35.6 Å². The number of hydrogen-bond acceptors (Lipinski definition) is 4. The van der Waals surface area contributed by atoms with Gasteiger partial charge < -0.3 is 10.2 Å². The molecule has 35 heavy (non-hydrogen) atoms. The van der Waals surface area contributed by atoms with Gasteiger partial charge in [0.05, 0.1) is 10.5 Å². The van der Waals surface area contributed by atoms with Crippen molar-refractivity contribution < 1.29 is 35.6 Å². The lowest BCUT2D eigenvalue weighted by Gasteiger charge is -2.37. The van der Waals surface area contributed by atoms with Crippen molar-refractivity contribution >= 4 is 27.5 Å². The van der Waals surface area contributed by atoms with Gasteiger partial charge in [-0.2, -0.15) is 17.5 Å². The molecule has 2 aliphatic rings. The molecule has 1 aliphatic heterocycles. The minimum atomic E-state index is -4.67. The van der Waals surface area contributed by atoms with E-state index in [0.717, 1.165) is 30.3 Å². The summed E-state index contributed by atoms with van der Waals surface area (Å²) in [5, 5.41) is 2.40. The van der Waals surface area contributed by atoms with E-state index < -0.39 is 50.3 Å². The molecular formula is C23H23F4N3O4S. The molecule has 0 spiro atoms. The van der Waals surface area contributed by atoms with E-state index in [1.807, 2.05) is 0 Å². The third-order valence-electron chi connectivity index (χ3n) is 6.05. The Hall–Kier alpha value is -2.99. The number of amides is 2. The van der Waals surface area contributed by atoms with E-state index in [-0.39, 0.29) is 37.7 Å². The fourth-order valence-corrected chi connectivity index (χ4v) is 6.14. The number of nitrogens with zero attached hydrogens (tertiary/aromatic N) is 2. The van der Waals surface area contributed by atoms with Gasteiger partial charge in [-0.05, 0) is 68.1 Å². The Morgan fingerprint density at radius 3 is 2.11 bits per heavy atom. The quantitative estimate of drug-likeness (QED) is 0.489. The van der Waals surface area contributed by atoms with Gasteiger partial charge in [0.15, 0.2) is 0 Å². The van der Waals surface area contributed by atoms with Crippen LogP contribution in [0.15, 0.2) is 53.4 Å². The van der Waals surface area contributed by atoms with E-state index in [2.05, 4.69) is 5.32 Å². The van der Waals surface area contributed by atoms with Crippen LogP contribution in [0.3, 0.4) is 0 Å². The van der Waals surface area contributed by atoms with Crippen LogP contribution in [-0.4, -0.2) is 54.6 Å². The number of anilines is 1. The fourth-order valence-electron chi connectivity index (χ4n) is 4.16. The van der Waals surface area contributed by atoms with Crippen LogP contribution in [0.4, 0.5) is 23.2 Å². The summed E-state index contributed by atoms with van der Waals surface area (Å²) in [5.41, 5.74) is -0.784. The molecule has 1 aliphatic carbocycles. The summed E-state index contributed by atoms with van der Waals surface area (Å²) in [6, 6.07) is 7.80. The van der Waals surface area contributed by atoms with Gasteiger partial charge in [-0.3, -0.25) is 9.59 Å². The summed E-state index contributed by atoms with van der Waals surface area (Å²) in [5.74, 6) is -2.19. The van der Waals surface area contributed by atoms with E-state index in [1.54, 1.807) is 0 Å². The maximum absolute atomic E-state index is 13.3. The van der Waals surface area contributed by atoms with Crippen molar-refractivity contribution in [1.29, 1.82) is 0 Å². The van der Waals surface area contributed by atoms with E-state index >= 15 is 0 Å². The van der Waals surface area contributed by atoms with Gasteiger partial charge in [0, 0.05) is 30.9 Å². The molecule has 0 bridgehead atoms. The van der Waals surface area contributed by atoms with Crippen molar-refractivity contribution in [2.24, 2.45) is 0 Å². The Kier molecular flexibility index (Phi) is 6.87. The molecule has 2 aromatic carbocycles. The molecule has 0 radical (unpaired) electrons. The van der Waals surface area contributed by atoms with Crippen molar-refractivity contribution in [2.45, 2.75) is 48.8 Å². The SMILES string of the molecule is O=C(Nc1ccc(F)cc1)C(=O)N1CCC(N(C2CC2)S(=O)(=O)c2cccc(C(F)(F)F)c2)CC1. The van der Waals surface area contributed by atoms with Crippen molar-refractivity contribution in [3.63, 3.8) is 0 Å². The highest BCUT2D eigenvalue weighted by molar-refractivity contribution is 7.89. The molecule has 1 N–H and O–H groups in total. The van der Waals surface area contributed by atoms with Crippen LogP contribution in [-0.2, 0) is 25.8 Å². The van der Waals surface area contributed by atoms with Crippen LogP contribution >= 0.6 is 0 Å². The molecule has 1 heterocycles. The van der Waals surface area contributed by atoms with Gasteiger partial charge in [-0.1, -0.05) is 6.07 Å². The number of likely N-dealkylation sites (tertiary alicyclic amines) is 1. The summed E-state index contributed by atoms with van der Waals surface area (Å²) in [6.45, 7) is 0.226. The van der Waals surface area contributed by atoms with Gasteiger partial charge in [-0.25, -0.2) is 12.8 Å². The Balaban J connectivity index is 1.44. The maximum Gasteiger partial charge on any atom is 0.416 e. The van der Waals surface area contributed by atoms with Gasteiger partial charge in [0.25, 0.3) is 0 Å². The van der Waals surface area contributed by atoms with Gasteiger partial charge >= 0.3 is 18.0 Å². The first-order chi connectivity index (χ1) is 16.5. The van der Waals surface area contributed by atoms with Crippen LogP contribution in [0.2, 0.25) is 0 Å². The molecule has 0 unspecified atom stereocenters. The zero-order chi connectivity index (χ0) is 25.4. The summed E-state index contributed by atoms with van der Waals surface area (Å²) < 4.78 is 80.3. The van der Waals surface area contributed by atoms with Gasteiger partial charge in [0.1, 0.15) is 5.82 Å². The third kappa shape index (κ3) is 5.64. The average Bonchev–Trinajstić information content (AvgIpc) is 3.65. The summed E-state index contributed by atoms with van der Waals surface area (Å²) >= 11 is 0. The van der Waals surface area contributed by atoms with E-state index in [1.165, 1.54) is 21.3 Å². The zero-order valence-electron chi connectivity index (χ0n) is 18.5. The van der Waals surface area contributed by atoms with E-state index in [0.29, 0.717) is 18.9 Å². The molecule has 7 nitrogen and oxygen atoms in total. The fraction of sp³-hybridized carbons (Fsp3) is 0.391. The predicted molar refractivity (Wildman–Crippen MR) is 118 cm³/mol. The third-order valence-corrected chi connectivity index (χ3v) is 8.05. The predicted octanol–water partition coefficient (Wildman–Crippen LogP) is 3.63. The molecular weight excluding hydrogens is 490 g/mol. The number of carbonyl (C=O) groups excluding carboxylic acids is 2. The highest BCUT2D eigenvalue weighted by atomic mass is 32.2. The molecule has 2 amide bonds. The maximum atomic E-state index is 13.3.